The lowest BCUT2D eigenvalue weighted by molar-refractivity contribution is -0.233. The van der Waals surface area contributed by atoms with Gasteiger partial charge in [0.15, 0.2) is 5.82 Å². The van der Waals surface area contributed by atoms with E-state index in [1.165, 1.54) is 18.6 Å². The Kier molecular flexibility index (Phi) is 4.66. The number of aliphatic imine (C=N–C) groups is 1. The van der Waals surface area contributed by atoms with E-state index >= 15 is 0 Å². The van der Waals surface area contributed by atoms with Crippen LogP contribution in [-0.4, -0.2) is 57.1 Å². The number of aliphatic hydroxyl groups is 2. The quantitative estimate of drug-likeness (QED) is 0.261. The van der Waals surface area contributed by atoms with E-state index < -0.39 is 29.9 Å². The Bertz CT molecular complexity index is 712. The summed E-state index contributed by atoms with van der Waals surface area (Å²) in [7, 11) is 3.55. The zero-order chi connectivity index (χ0) is 17.2. The smallest absolute Gasteiger partial charge is 0.351 e. The first kappa shape index (κ1) is 16.9. The Morgan fingerprint density at radius 2 is 2.30 bits per heavy atom. The van der Waals surface area contributed by atoms with E-state index in [0.29, 0.717) is 0 Å². The van der Waals surface area contributed by atoms with Gasteiger partial charge >= 0.3 is 5.69 Å². The highest BCUT2D eigenvalue weighted by Gasteiger charge is 2.52. The Morgan fingerprint density at radius 1 is 1.61 bits per heavy atom. The van der Waals surface area contributed by atoms with Gasteiger partial charge in [0.25, 0.3) is 5.91 Å². The lowest BCUT2D eigenvalue weighted by atomic mass is 10.0. The molecule has 11 heteroatoms. The van der Waals surface area contributed by atoms with Crippen LogP contribution in [0.25, 0.3) is 10.4 Å². The van der Waals surface area contributed by atoms with Crippen LogP contribution < -0.4 is 5.69 Å². The van der Waals surface area contributed by atoms with Gasteiger partial charge in [0.05, 0.1) is 6.34 Å². The van der Waals surface area contributed by atoms with Crippen LogP contribution >= 0.6 is 0 Å². The molecule has 1 aliphatic rings. The predicted octanol–water partition coefficient (Wildman–Crippen LogP) is -0.0531. The molecule has 2 rings (SSSR count). The van der Waals surface area contributed by atoms with E-state index in [1.807, 2.05) is 0 Å². The van der Waals surface area contributed by atoms with Gasteiger partial charge in [-0.05, 0) is 16.7 Å². The van der Waals surface area contributed by atoms with Crippen LogP contribution in [0, 0.1) is 5.92 Å². The molecule has 0 spiro atoms. The highest BCUT2D eigenvalue weighted by Crippen LogP contribution is 2.40. The summed E-state index contributed by atoms with van der Waals surface area (Å²) < 4.78 is 6.27. The fraction of sp³-hybridized carbons (Fsp3) is 0.583. The average molecular weight is 323 g/mol. The van der Waals surface area contributed by atoms with Crippen molar-refractivity contribution in [2.24, 2.45) is 16.0 Å². The van der Waals surface area contributed by atoms with Gasteiger partial charge in [-0.3, -0.25) is 4.57 Å². The van der Waals surface area contributed by atoms with E-state index in [2.05, 4.69) is 20.0 Å². The molecule has 2 heterocycles. The number of aliphatic hydroxyl groups excluding tert-OH is 1. The van der Waals surface area contributed by atoms with E-state index in [-0.39, 0.29) is 5.82 Å². The molecule has 1 aliphatic heterocycles. The molecule has 2 N–H and O–H groups in total. The first-order valence-electron chi connectivity index (χ1n) is 6.73. The van der Waals surface area contributed by atoms with Gasteiger partial charge < -0.3 is 19.8 Å². The van der Waals surface area contributed by atoms with Crippen LogP contribution in [0.2, 0.25) is 0 Å². The standard InChI is InChI=1S/C12H17N7O4/c1-7-9(20)12(22,16-17-13)23-10(7)19-5-4-8(15-11(19)21)14-6-18(2)3/h4-7,9-10,20,22H,1-3H3/t7-,9-,10+,12+/m0/s1. The number of hydrogen-bond acceptors (Lipinski definition) is 7. The maximum atomic E-state index is 12.1. The molecular weight excluding hydrogens is 306 g/mol. The summed E-state index contributed by atoms with van der Waals surface area (Å²) in [4.78, 5) is 24.0. The van der Waals surface area contributed by atoms with Crippen LogP contribution in [0.1, 0.15) is 13.2 Å². The first-order valence-corrected chi connectivity index (χ1v) is 6.73. The Morgan fingerprint density at radius 3 is 2.87 bits per heavy atom. The number of nitrogens with zero attached hydrogens (tertiary/aromatic N) is 7. The molecule has 4 atom stereocenters. The van der Waals surface area contributed by atoms with Crippen molar-refractivity contribution in [1.82, 2.24) is 14.5 Å². The summed E-state index contributed by atoms with van der Waals surface area (Å²) >= 11 is 0. The topological polar surface area (TPSA) is 149 Å². The summed E-state index contributed by atoms with van der Waals surface area (Å²) in [6, 6.07) is 1.48. The number of azide groups is 1. The maximum Gasteiger partial charge on any atom is 0.351 e. The third kappa shape index (κ3) is 3.32. The molecule has 0 saturated carbocycles. The summed E-state index contributed by atoms with van der Waals surface area (Å²) in [5.74, 6) is -2.93. The number of ether oxygens (including phenoxy) is 1. The maximum absolute atomic E-state index is 12.1. The van der Waals surface area contributed by atoms with E-state index in [0.717, 1.165) is 4.57 Å². The SMILES string of the molecule is C[C@@H]1[C@H](n2ccc(N=CN(C)C)nc2=O)O[C@@](O)(N=[N+]=[N-])[C@H]1O. The molecule has 124 valence electrons. The highest BCUT2D eigenvalue weighted by molar-refractivity contribution is 5.58. The minimum absolute atomic E-state index is 0.205. The molecule has 1 saturated heterocycles. The van der Waals surface area contributed by atoms with Crippen molar-refractivity contribution in [3.8, 4) is 0 Å². The van der Waals surface area contributed by atoms with Gasteiger partial charge in [0, 0.05) is 31.1 Å². The Balaban J connectivity index is 2.33. The van der Waals surface area contributed by atoms with Crippen LogP contribution in [0.3, 0.4) is 0 Å². The molecule has 0 radical (unpaired) electrons. The van der Waals surface area contributed by atoms with Gasteiger partial charge in [-0.25, -0.2) is 9.79 Å². The fourth-order valence-electron chi connectivity index (χ4n) is 2.15. The number of rotatable bonds is 4. The van der Waals surface area contributed by atoms with E-state index in [1.54, 1.807) is 25.9 Å². The summed E-state index contributed by atoms with van der Waals surface area (Å²) in [5.41, 5.74) is 7.78. The summed E-state index contributed by atoms with van der Waals surface area (Å²) in [5, 5.41) is 23.0. The third-order valence-corrected chi connectivity index (χ3v) is 3.33. The summed E-state index contributed by atoms with van der Waals surface area (Å²) in [6.45, 7) is 1.55. The van der Waals surface area contributed by atoms with Gasteiger partial charge in [0.1, 0.15) is 12.3 Å². The average Bonchev–Trinajstić information content (AvgIpc) is 2.70. The minimum atomic E-state index is -2.43. The predicted molar refractivity (Wildman–Crippen MR) is 79.7 cm³/mol. The highest BCUT2D eigenvalue weighted by atomic mass is 16.7. The van der Waals surface area contributed by atoms with Gasteiger partial charge in [0.2, 0.25) is 0 Å². The zero-order valence-electron chi connectivity index (χ0n) is 12.8. The van der Waals surface area contributed by atoms with Crippen LogP contribution in [0.15, 0.2) is 27.2 Å². The molecule has 0 unspecified atom stereocenters. The third-order valence-electron chi connectivity index (χ3n) is 3.33. The molecule has 1 aromatic rings. The molecule has 0 amide bonds. The Labute approximate surface area is 131 Å². The second kappa shape index (κ2) is 6.34. The normalized spacial score (nSPS) is 30.4. The summed E-state index contributed by atoms with van der Waals surface area (Å²) in [6.07, 6.45) is 0.354. The van der Waals surface area contributed by atoms with Gasteiger partial charge in [-0.15, -0.1) is 0 Å². The molecule has 0 aliphatic carbocycles. The number of aromatic nitrogens is 2. The van der Waals surface area contributed by atoms with E-state index in [4.69, 9.17) is 10.3 Å². The second-order valence-electron chi connectivity index (χ2n) is 5.34. The molecule has 23 heavy (non-hydrogen) atoms. The lowest BCUT2D eigenvalue weighted by Gasteiger charge is -2.19. The Hall–Kier alpha value is -2.46. The minimum Gasteiger partial charge on any atom is -0.387 e. The lowest BCUT2D eigenvalue weighted by Crippen LogP contribution is -2.38. The van der Waals surface area contributed by atoms with Crippen molar-refractivity contribution in [3.05, 3.63) is 33.2 Å². The van der Waals surface area contributed by atoms with Crippen molar-refractivity contribution in [3.63, 3.8) is 0 Å². The monoisotopic (exact) mass is 323 g/mol. The van der Waals surface area contributed by atoms with Crippen LogP contribution in [-0.2, 0) is 4.74 Å². The fourth-order valence-corrected chi connectivity index (χ4v) is 2.15. The molecular formula is C12H17N7O4. The molecule has 11 nitrogen and oxygen atoms in total. The van der Waals surface area contributed by atoms with Gasteiger partial charge in [-0.2, -0.15) is 4.98 Å². The van der Waals surface area contributed by atoms with E-state index in [9.17, 15) is 15.0 Å². The van der Waals surface area contributed by atoms with Crippen LogP contribution in [0.5, 0.6) is 0 Å². The molecule has 0 bridgehead atoms. The second-order valence-corrected chi connectivity index (χ2v) is 5.34. The van der Waals surface area contributed by atoms with Crippen molar-refractivity contribution < 1.29 is 14.9 Å². The zero-order valence-corrected chi connectivity index (χ0v) is 12.8. The molecule has 0 aromatic carbocycles. The van der Waals surface area contributed by atoms with Crippen molar-refractivity contribution in [1.29, 1.82) is 0 Å². The van der Waals surface area contributed by atoms with Crippen LogP contribution in [0.4, 0.5) is 5.82 Å². The van der Waals surface area contributed by atoms with Crippen molar-refractivity contribution >= 4 is 12.2 Å². The first-order chi connectivity index (χ1) is 10.8. The van der Waals surface area contributed by atoms with Crippen molar-refractivity contribution in [2.45, 2.75) is 25.2 Å². The number of hydrogen-bond donors (Lipinski definition) is 2. The van der Waals surface area contributed by atoms with Gasteiger partial charge in [-0.1, -0.05) is 6.92 Å². The molecule has 1 fully saturated rings. The largest absolute Gasteiger partial charge is 0.387 e. The van der Waals surface area contributed by atoms with Crippen molar-refractivity contribution in [2.75, 3.05) is 14.1 Å². The molecule has 1 aromatic heterocycles.